The number of rotatable bonds is 1. The molecule has 0 aliphatic heterocycles. The van der Waals surface area contributed by atoms with Gasteiger partial charge in [-0.05, 0) is 12.1 Å². The number of nitro groups is 1. The maximum atomic E-state index is 11.6. The summed E-state index contributed by atoms with van der Waals surface area (Å²) in [7, 11) is 0. The minimum atomic E-state index is -1.47. The summed E-state index contributed by atoms with van der Waals surface area (Å²) in [5.41, 5.74) is -3.94. The van der Waals surface area contributed by atoms with Crippen molar-refractivity contribution in [2.75, 3.05) is 0 Å². The highest BCUT2D eigenvalue weighted by Crippen LogP contribution is 2.28. The average Bonchev–Trinajstić information content (AvgIpc) is 2.41. The SMILES string of the molecule is O=c1c([N+](=O)[O-])c(O)c2ccccc2n(Cl)c1=O. The minimum Gasteiger partial charge on any atom is -0.502 e. The Bertz CT molecular complexity index is 783. The van der Waals surface area contributed by atoms with Crippen LogP contribution in [0.4, 0.5) is 5.69 Å². The number of fused-ring (bicyclic) bond motifs is 1. The van der Waals surface area contributed by atoms with Crippen molar-refractivity contribution >= 4 is 28.4 Å². The van der Waals surface area contributed by atoms with Crippen LogP contribution in [0.3, 0.4) is 0 Å². The highest BCUT2D eigenvalue weighted by molar-refractivity contribution is 6.18. The fraction of sp³-hybridized carbons (Fsp3) is 0. The first-order chi connectivity index (χ1) is 8.45. The molecule has 1 heterocycles. The number of nitrogens with zero attached hydrogens (tertiary/aromatic N) is 2. The zero-order valence-electron chi connectivity index (χ0n) is 8.66. The molecule has 8 heteroatoms. The minimum absolute atomic E-state index is 0.00636. The van der Waals surface area contributed by atoms with Gasteiger partial charge in [0.1, 0.15) is 0 Å². The van der Waals surface area contributed by atoms with Crippen LogP contribution in [0.25, 0.3) is 10.9 Å². The number of benzene rings is 1. The van der Waals surface area contributed by atoms with E-state index in [1.165, 1.54) is 24.3 Å². The molecule has 0 saturated carbocycles. The molecule has 1 N–H and O–H groups in total. The topological polar surface area (TPSA) is 102 Å². The van der Waals surface area contributed by atoms with Crippen LogP contribution in [0.1, 0.15) is 0 Å². The Kier molecular flexibility index (Phi) is 2.76. The second-order valence-corrected chi connectivity index (χ2v) is 3.72. The number of halogens is 1. The van der Waals surface area contributed by atoms with Crippen molar-refractivity contribution in [1.29, 1.82) is 0 Å². The van der Waals surface area contributed by atoms with Gasteiger partial charge in [0, 0.05) is 17.2 Å². The lowest BCUT2D eigenvalue weighted by Crippen LogP contribution is -2.29. The zero-order valence-corrected chi connectivity index (χ0v) is 9.42. The molecular weight excluding hydrogens is 264 g/mol. The second kappa shape index (κ2) is 4.11. The molecule has 18 heavy (non-hydrogen) atoms. The number of hydrogen-bond donors (Lipinski definition) is 1. The highest BCUT2D eigenvalue weighted by Gasteiger charge is 2.24. The van der Waals surface area contributed by atoms with Crippen molar-refractivity contribution in [2.24, 2.45) is 0 Å². The molecular formula is C10H5ClN2O5. The second-order valence-electron chi connectivity index (χ2n) is 3.39. The molecule has 0 unspecified atom stereocenters. The van der Waals surface area contributed by atoms with Gasteiger partial charge in [0.2, 0.25) is 5.75 Å². The fourth-order valence-electron chi connectivity index (χ4n) is 1.55. The van der Waals surface area contributed by atoms with Crippen molar-refractivity contribution in [3.05, 3.63) is 55.0 Å². The van der Waals surface area contributed by atoms with Crippen molar-refractivity contribution in [3.8, 4) is 5.75 Å². The zero-order chi connectivity index (χ0) is 13.4. The Balaban J connectivity index is 3.27. The summed E-state index contributed by atoms with van der Waals surface area (Å²) in [6, 6.07) is 5.66. The molecule has 7 nitrogen and oxygen atoms in total. The smallest absolute Gasteiger partial charge is 0.364 e. The number of hydrogen-bond acceptors (Lipinski definition) is 5. The predicted molar refractivity (Wildman–Crippen MR) is 64.0 cm³/mol. The average molecular weight is 269 g/mol. The van der Waals surface area contributed by atoms with Gasteiger partial charge >= 0.3 is 16.7 Å². The Morgan fingerprint density at radius 1 is 1.28 bits per heavy atom. The number of aromatic nitrogens is 1. The molecule has 92 valence electrons. The van der Waals surface area contributed by atoms with Gasteiger partial charge in [0.15, 0.2) is 0 Å². The lowest BCUT2D eigenvalue weighted by Gasteiger charge is -1.96. The van der Waals surface area contributed by atoms with Gasteiger partial charge in [0.25, 0.3) is 0 Å². The van der Waals surface area contributed by atoms with Crippen LogP contribution in [-0.2, 0) is 0 Å². The summed E-state index contributed by atoms with van der Waals surface area (Å²) in [5, 5.41) is 20.4. The van der Waals surface area contributed by atoms with Crippen LogP contribution in [0, 0.1) is 10.1 Å². The van der Waals surface area contributed by atoms with Gasteiger partial charge in [-0.1, -0.05) is 12.1 Å². The van der Waals surface area contributed by atoms with Crippen molar-refractivity contribution in [3.63, 3.8) is 0 Å². The van der Waals surface area contributed by atoms with Crippen LogP contribution < -0.4 is 11.0 Å². The number of aromatic hydroxyl groups is 1. The van der Waals surface area contributed by atoms with Crippen molar-refractivity contribution in [2.45, 2.75) is 0 Å². The maximum absolute atomic E-state index is 11.6. The van der Waals surface area contributed by atoms with E-state index in [0.717, 1.165) is 0 Å². The summed E-state index contributed by atoms with van der Waals surface area (Å²) < 4.78 is 0.449. The first-order valence-electron chi connectivity index (χ1n) is 4.66. The molecule has 2 rings (SSSR count). The largest absolute Gasteiger partial charge is 0.502 e. The lowest BCUT2D eigenvalue weighted by atomic mass is 10.2. The van der Waals surface area contributed by atoms with Crippen LogP contribution >= 0.6 is 11.8 Å². The Morgan fingerprint density at radius 2 is 1.89 bits per heavy atom. The van der Waals surface area contributed by atoms with Gasteiger partial charge in [-0.25, -0.2) is 4.09 Å². The third-order valence-electron chi connectivity index (χ3n) is 2.37. The van der Waals surface area contributed by atoms with Gasteiger partial charge in [-0.2, -0.15) is 0 Å². The van der Waals surface area contributed by atoms with E-state index in [1.54, 1.807) is 0 Å². The summed E-state index contributed by atoms with van der Waals surface area (Å²) in [6.45, 7) is 0. The fourth-order valence-corrected chi connectivity index (χ4v) is 1.77. The van der Waals surface area contributed by atoms with E-state index in [0.29, 0.717) is 4.09 Å². The molecule has 0 spiro atoms. The van der Waals surface area contributed by atoms with E-state index in [4.69, 9.17) is 11.8 Å². The van der Waals surface area contributed by atoms with E-state index < -0.39 is 27.3 Å². The molecule has 0 bridgehead atoms. The molecule has 0 amide bonds. The van der Waals surface area contributed by atoms with E-state index in [1.807, 2.05) is 0 Å². The summed E-state index contributed by atoms with van der Waals surface area (Å²) in [5.74, 6) is -0.878. The molecule has 0 saturated heterocycles. The van der Waals surface area contributed by atoms with E-state index in [2.05, 4.69) is 0 Å². The monoisotopic (exact) mass is 268 g/mol. The molecule has 0 atom stereocenters. The lowest BCUT2D eigenvalue weighted by molar-refractivity contribution is -0.386. The molecule has 0 fully saturated rings. The molecule has 0 aliphatic rings. The predicted octanol–water partition coefficient (Wildman–Crippen LogP) is 0.977. The molecule has 1 aromatic heterocycles. The van der Waals surface area contributed by atoms with Gasteiger partial charge < -0.3 is 5.11 Å². The quantitative estimate of drug-likeness (QED) is 0.472. The summed E-state index contributed by atoms with van der Waals surface area (Å²) in [4.78, 5) is 32.7. The normalized spacial score (nSPS) is 10.5. The molecule has 0 aliphatic carbocycles. The Labute approximate surface area is 104 Å². The molecule has 1 aromatic carbocycles. The van der Waals surface area contributed by atoms with E-state index in [-0.39, 0.29) is 10.9 Å². The first kappa shape index (κ1) is 12.1. The Morgan fingerprint density at radius 3 is 2.50 bits per heavy atom. The number of para-hydroxylation sites is 1. The van der Waals surface area contributed by atoms with Crippen LogP contribution in [0.2, 0.25) is 0 Å². The summed E-state index contributed by atoms with van der Waals surface area (Å²) >= 11 is 5.63. The standard InChI is InChI=1S/C10H5ClN2O5/c11-12-6-4-2-1-3-5(6)8(14)7(13(17)18)9(15)10(12)16/h1-4,14H. The van der Waals surface area contributed by atoms with Gasteiger partial charge in [-0.15, -0.1) is 0 Å². The van der Waals surface area contributed by atoms with Crippen LogP contribution in [0.15, 0.2) is 33.9 Å². The maximum Gasteiger partial charge on any atom is 0.364 e. The van der Waals surface area contributed by atoms with Crippen molar-refractivity contribution in [1.82, 2.24) is 4.09 Å². The third kappa shape index (κ3) is 1.61. The Hall–Kier alpha value is -2.41. The van der Waals surface area contributed by atoms with E-state index >= 15 is 0 Å². The molecule has 0 radical (unpaired) electrons. The van der Waals surface area contributed by atoms with Crippen molar-refractivity contribution < 1.29 is 10.0 Å². The van der Waals surface area contributed by atoms with Gasteiger partial charge in [0.05, 0.1) is 10.4 Å². The molecule has 2 aromatic rings. The first-order valence-corrected chi connectivity index (χ1v) is 5.00. The van der Waals surface area contributed by atoms with Crippen LogP contribution in [0.5, 0.6) is 5.75 Å². The summed E-state index contributed by atoms with van der Waals surface area (Å²) in [6.07, 6.45) is 0. The van der Waals surface area contributed by atoms with Gasteiger partial charge in [-0.3, -0.25) is 19.7 Å². The van der Waals surface area contributed by atoms with E-state index in [9.17, 15) is 24.8 Å². The van der Waals surface area contributed by atoms with Crippen LogP contribution in [-0.4, -0.2) is 14.1 Å². The third-order valence-corrected chi connectivity index (χ3v) is 2.70. The highest BCUT2D eigenvalue weighted by atomic mass is 35.5.